The molecule has 0 spiro atoms. The van der Waals surface area contributed by atoms with Crippen LogP contribution >= 0.6 is 0 Å². The third kappa shape index (κ3) is 8.58. The lowest BCUT2D eigenvalue weighted by Gasteiger charge is -2.54. The molecule has 0 aliphatic carbocycles. The van der Waals surface area contributed by atoms with Gasteiger partial charge in [0.05, 0.1) is 12.2 Å². The molecular weight excluding hydrogens is 581 g/mol. The van der Waals surface area contributed by atoms with Crippen LogP contribution in [0.4, 0.5) is 0 Å². The second-order valence-electron chi connectivity index (χ2n) is 13.5. The molecule has 8 nitrogen and oxygen atoms in total. The molecule has 10 heteroatoms. The number of aliphatic hydroxyl groups is 1. The molecule has 1 aromatic carbocycles. The van der Waals surface area contributed by atoms with Gasteiger partial charge >= 0.3 is 23.1 Å². The second-order valence-corrected chi connectivity index (χ2v) is 22.3. The Morgan fingerprint density at radius 2 is 1.47 bits per heavy atom. The highest BCUT2D eigenvalue weighted by atomic mass is 28.5. The summed E-state index contributed by atoms with van der Waals surface area (Å²) in [5.41, 5.74) is 0.932. The molecule has 5 atom stereocenters. The molecule has 0 saturated carbocycles. The van der Waals surface area contributed by atoms with Crippen molar-refractivity contribution in [3.8, 4) is 0 Å². The fraction of sp³-hybridized carbons (Fsp3) is 0.788. The molecule has 3 rings (SSSR count). The number of esters is 1. The molecular formula is C33H58O8Si2. The largest absolute Gasteiger partial charge is 0.450 e. The van der Waals surface area contributed by atoms with Gasteiger partial charge in [-0.2, -0.15) is 0 Å². The number of hydrogen-bond acceptors (Lipinski definition) is 8. The molecule has 0 radical (unpaired) electrons. The van der Waals surface area contributed by atoms with Crippen molar-refractivity contribution in [3.05, 3.63) is 35.9 Å². The Bertz CT molecular complexity index is 957. The summed E-state index contributed by atoms with van der Waals surface area (Å²) in [7, 11) is -5.81. The van der Waals surface area contributed by atoms with Crippen molar-refractivity contribution in [2.45, 2.75) is 154 Å². The van der Waals surface area contributed by atoms with Gasteiger partial charge in [-0.15, -0.1) is 0 Å². The first-order valence-corrected chi connectivity index (χ1v) is 20.6. The van der Waals surface area contributed by atoms with Crippen molar-refractivity contribution in [3.63, 3.8) is 0 Å². The number of rotatable bonds is 14. The fourth-order valence-corrected chi connectivity index (χ4v) is 17.6. The first-order chi connectivity index (χ1) is 20.4. The number of aliphatic hydroxyl groups excluding tert-OH is 1. The van der Waals surface area contributed by atoms with E-state index in [0.717, 1.165) is 19.3 Å². The summed E-state index contributed by atoms with van der Waals surface area (Å²) in [5.74, 6) is -0.541. The zero-order chi connectivity index (χ0) is 31.8. The molecule has 0 bridgehead atoms. The molecule has 0 aromatic heterocycles. The number of carbonyl (C=O) groups excluding carboxylic acids is 1. The van der Waals surface area contributed by atoms with Crippen molar-refractivity contribution >= 4 is 23.1 Å². The third-order valence-electron chi connectivity index (χ3n) is 8.98. The van der Waals surface area contributed by atoms with E-state index in [0.29, 0.717) is 12.2 Å². The Morgan fingerprint density at radius 3 is 2.05 bits per heavy atom. The maximum atomic E-state index is 13.2. The van der Waals surface area contributed by atoms with Crippen molar-refractivity contribution < 1.29 is 37.1 Å². The highest BCUT2D eigenvalue weighted by molar-refractivity contribution is 6.84. The van der Waals surface area contributed by atoms with Crippen LogP contribution in [0.25, 0.3) is 0 Å². The molecule has 2 aliphatic rings. The molecule has 0 unspecified atom stereocenters. The fourth-order valence-electron chi connectivity index (χ4n) is 6.42. The Morgan fingerprint density at radius 1 is 0.884 bits per heavy atom. The van der Waals surface area contributed by atoms with Crippen LogP contribution < -0.4 is 0 Å². The van der Waals surface area contributed by atoms with E-state index in [4.69, 9.17) is 27.2 Å². The minimum absolute atomic E-state index is 0.0819. The summed E-state index contributed by atoms with van der Waals surface area (Å²) in [6, 6.07) is 8.79. The van der Waals surface area contributed by atoms with Gasteiger partial charge in [-0.3, -0.25) is 0 Å². The summed E-state index contributed by atoms with van der Waals surface area (Å²) in [5, 5.41) is 12.0. The molecule has 2 saturated heterocycles. The summed E-state index contributed by atoms with van der Waals surface area (Å²) in [4.78, 5) is 13.2. The Balaban J connectivity index is 1.94. The standard InChI is InChI=1S/C33H58O8Si2/c1-10-11-12-13-14-18-21-36-33-31(39-32(35)27-19-16-15-17-20-27)29(34)30-28(38-33)22-37-42(23(2)3,24(4)5)41-43(40-30,25(6)7)26(8)9/h15-17,19-20,23-26,28-31,33-34H,10-14,18,21-22H2,1-9H3/t28-,29+,30-,31+,33+/m1/s1. The van der Waals surface area contributed by atoms with Crippen LogP contribution in [-0.4, -0.2) is 72.1 Å². The molecule has 1 N–H and O–H groups in total. The SMILES string of the molecule is CCCCCCCCO[C@H]1O[C@@H]2CO[Si](C(C)C)(C(C)C)O[Si](C(C)C)(C(C)C)O[C@H]2[C@H](O)[C@@H]1OC(=O)c1ccccc1. The monoisotopic (exact) mass is 638 g/mol. The number of unbranched alkanes of at least 4 members (excludes halogenated alkanes) is 5. The van der Waals surface area contributed by atoms with Crippen molar-refractivity contribution in [1.82, 2.24) is 0 Å². The van der Waals surface area contributed by atoms with Gasteiger partial charge in [0.25, 0.3) is 0 Å². The van der Waals surface area contributed by atoms with Gasteiger partial charge < -0.3 is 32.3 Å². The first-order valence-electron chi connectivity index (χ1n) is 16.6. The maximum Gasteiger partial charge on any atom is 0.338 e. The van der Waals surface area contributed by atoms with E-state index >= 15 is 0 Å². The second kappa shape index (κ2) is 16.4. The number of hydrogen-bond donors (Lipinski definition) is 1. The molecule has 43 heavy (non-hydrogen) atoms. The minimum Gasteiger partial charge on any atom is -0.450 e. The van der Waals surface area contributed by atoms with Crippen molar-refractivity contribution in [2.75, 3.05) is 13.2 Å². The minimum atomic E-state index is -3.02. The van der Waals surface area contributed by atoms with Gasteiger partial charge in [-0.25, -0.2) is 4.79 Å². The summed E-state index contributed by atoms with van der Waals surface area (Å²) in [6.45, 7) is 20.1. The summed E-state index contributed by atoms with van der Waals surface area (Å²) < 4.78 is 40.0. The molecule has 246 valence electrons. The Kier molecular flexibility index (Phi) is 13.9. The number of carbonyl (C=O) groups is 1. The molecule has 0 amide bonds. The van der Waals surface area contributed by atoms with E-state index in [2.05, 4.69) is 62.3 Å². The van der Waals surface area contributed by atoms with Gasteiger partial charge in [0, 0.05) is 6.61 Å². The quantitative estimate of drug-likeness (QED) is 0.126. The van der Waals surface area contributed by atoms with Gasteiger partial charge in [0.15, 0.2) is 12.4 Å². The van der Waals surface area contributed by atoms with E-state index in [-0.39, 0.29) is 28.8 Å². The number of benzene rings is 1. The smallest absolute Gasteiger partial charge is 0.338 e. The van der Waals surface area contributed by atoms with Crippen LogP contribution in [0.15, 0.2) is 30.3 Å². The molecule has 1 aromatic rings. The zero-order valence-electron chi connectivity index (χ0n) is 28.0. The van der Waals surface area contributed by atoms with Crippen LogP contribution in [-0.2, 0) is 27.2 Å². The van der Waals surface area contributed by atoms with Crippen molar-refractivity contribution in [1.29, 1.82) is 0 Å². The highest BCUT2D eigenvalue weighted by Crippen LogP contribution is 2.47. The van der Waals surface area contributed by atoms with Gasteiger partial charge in [0.1, 0.15) is 18.3 Å². The zero-order valence-corrected chi connectivity index (χ0v) is 30.0. The lowest BCUT2D eigenvalue weighted by atomic mass is 9.99. The van der Waals surface area contributed by atoms with Crippen LogP contribution in [0.3, 0.4) is 0 Å². The van der Waals surface area contributed by atoms with Gasteiger partial charge in [-0.1, -0.05) is 113 Å². The Labute approximate surface area is 262 Å². The summed E-state index contributed by atoms with van der Waals surface area (Å²) >= 11 is 0. The number of ether oxygens (including phenoxy) is 3. The van der Waals surface area contributed by atoms with Crippen LogP contribution in [0, 0.1) is 0 Å². The lowest BCUT2D eigenvalue weighted by Crippen LogP contribution is -2.70. The number of fused-ring (bicyclic) bond motifs is 1. The first kappa shape index (κ1) is 36.4. The molecule has 2 aliphatic heterocycles. The van der Waals surface area contributed by atoms with Crippen LogP contribution in [0.1, 0.15) is 111 Å². The predicted octanol–water partition coefficient (Wildman–Crippen LogP) is 7.63. The van der Waals surface area contributed by atoms with E-state index < -0.39 is 53.8 Å². The van der Waals surface area contributed by atoms with E-state index in [1.54, 1.807) is 24.3 Å². The van der Waals surface area contributed by atoms with E-state index in [9.17, 15) is 9.90 Å². The van der Waals surface area contributed by atoms with Gasteiger partial charge in [-0.05, 0) is 40.7 Å². The van der Waals surface area contributed by atoms with Crippen molar-refractivity contribution in [2.24, 2.45) is 0 Å². The lowest BCUT2D eigenvalue weighted by molar-refractivity contribution is -0.300. The van der Waals surface area contributed by atoms with E-state index in [1.807, 2.05) is 6.07 Å². The van der Waals surface area contributed by atoms with E-state index in [1.165, 1.54) is 19.3 Å². The average Bonchev–Trinajstić information content (AvgIpc) is 2.95. The van der Waals surface area contributed by atoms with Crippen LogP contribution in [0.5, 0.6) is 0 Å². The predicted molar refractivity (Wildman–Crippen MR) is 173 cm³/mol. The van der Waals surface area contributed by atoms with Crippen LogP contribution in [0.2, 0.25) is 22.2 Å². The topological polar surface area (TPSA) is 92.7 Å². The Hall–Kier alpha value is -1.12. The normalized spacial score (nSPS) is 27.3. The third-order valence-corrected chi connectivity index (χ3v) is 19.2. The highest BCUT2D eigenvalue weighted by Gasteiger charge is 2.62. The summed E-state index contributed by atoms with van der Waals surface area (Å²) in [6.07, 6.45) is 2.09. The maximum absolute atomic E-state index is 13.2. The molecule has 2 heterocycles. The van der Waals surface area contributed by atoms with Gasteiger partial charge in [0.2, 0.25) is 0 Å². The average molecular weight is 639 g/mol. The molecule has 2 fully saturated rings.